The highest BCUT2D eigenvalue weighted by molar-refractivity contribution is 6.10. The fourth-order valence-electron chi connectivity index (χ4n) is 3.46. The van der Waals surface area contributed by atoms with Crippen LogP contribution in [0.2, 0.25) is 0 Å². The van der Waals surface area contributed by atoms with Gasteiger partial charge in [0.1, 0.15) is 12.6 Å². The first-order valence-electron chi connectivity index (χ1n) is 9.07. The molecular formula is C21H26N3O2+. The molecule has 0 bridgehead atoms. The number of rotatable bonds is 5. The number of nitrogens with two attached hydrogens (primary N) is 1. The third-order valence-corrected chi connectivity index (χ3v) is 4.82. The largest absolute Gasteiger partial charge is 0.330 e. The first kappa shape index (κ1) is 18.1. The predicted molar refractivity (Wildman–Crippen MR) is 103 cm³/mol. The van der Waals surface area contributed by atoms with Gasteiger partial charge in [-0.05, 0) is 19.1 Å². The molecule has 2 atom stereocenters. The summed E-state index contributed by atoms with van der Waals surface area (Å²) in [4.78, 5) is 26.7. The lowest BCUT2D eigenvalue weighted by molar-refractivity contribution is -0.719. The second kappa shape index (κ2) is 7.70. The Morgan fingerprint density at radius 2 is 1.69 bits per heavy atom. The third kappa shape index (κ3) is 3.78. The quantitative estimate of drug-likeness (QED) is 0.867. The molecule has 0 saturated carbocycles. The van der Waals surface area contributed by atoms with E-state index in [4.69, 9.17) is 0 Å². The zero-order valence-corrected chi connectivity index (χ0v) is 15.5. The fourth-order valence-corrected chi connectivity index (χ4v) is 3.46. The predicted octanol–water partition coefficient (Wildman–Crippen LogP) is 2.32. The van der Waals surface area contributed by atoms with Gasteiger partial charge in [-0.1, -0.05) is 56.3 Å². The molecule has 0 saturated heterocycles. The molecule has 26 heavy (non-hydrogen) atoms. The molecule has 0 spiro atoms. The van der Waals surface area contributed by atoms with E-state index in [-0.39, 0.29) is 30.4 Å². The standard InChI is InChI=1S/C21H25N3O2/c1-14(2)20(16-9-5-4-6-10-16)22-15(3)21(26)24-13-19(25)23-17-11-7-8-12-18(17)24/h4-12,14-15,20,22H,13H2,1-3H3,(H,23,25)/p+1/t15-,20+/m0/s1. The Kier molecular flexibility index (Phi) is 5.38. The summed E-state index contributed by atoms with van der Waals surface area (Å²) in [5.74, 6) is 0.172. The molecule has 3 N–H and O–H groups in total. The Morgan fingerprint density at radius 1 is 1.04 bits per heavy atom. The van der Waals surface area contributed by atoms with Crippen LogP contribution in [0.15, 0.2) is 54.6 Å². The minimum absolute atomic E-state index is 0.0473. The summed E-state index contributed by atoms with van der Waals surface area (Å²) in [7, 11) is 0. The summed E-state index contributed by atoms with van der Waals surface area (Å²) in [6, 6.07) is 17.6. The van der Waals surface area contributed by atoms with Crippen molar-refractivity contribution >= 4 is 23.2 Å². The molecule has 0 radical (unpaired) electrons. The van der Waals surface area contributed by atoms with Crippen molar-refractivity contribution in [2.24, 2.45) is 5.92 Å². The number of hydrogen-bond donors (Lipinski definition) is 2. The second-order valence-electron chi connectivity index (χ2n) is 7.15. The number of quaternary nitrogens is 1. The van der Waals surface area contributed by atoms with Gasteiger partial charge in [0, 0.05) is 11.5 Å². The number of anilines is 2. The summed E-state index contributed by atoms with van der Waals surface area (Å²) in [5.41, 5.74) is 2.66. The van der Waals surface area contributed by atoms with Crippen molar-refractivity contribution in [2.45, 2.75) is 32.9 Å². The van der Waals surface area contributed by atoms with E-state index < -0.39 is 0 Å². The number of amides is 2. The molecule has 3 rings (SSSR count). The zero-order valence-electron chi connectivity index (χ0n) is 15.5. The van der Waals surface area contributed by atoms with E-state index in [1.54, 1.807) is 4.90 Å². The smallest absolute Gasteiger partial charge is 0.285 e. The van der Waals surface area contributed by atoms with Gasteiger partial charge in [-0.2, -0.15) is 0 Å². The van der Waals surface area contributed by atoms with Gasteiger partial charge in [0.2, 0.25) is 5.91 Å². The summed E-state index contributed by atoms with van der Waals surface area (Å²) in [5, 5.41) is 4.93. The number of para-hydroxylation sites is 2. The highest BCUT2D eigenvalue weighted by Crippen LogP contribution is 2.29. The maximum Gasteiger partial charge on any atom is 0.285 e. The van der Waals surface area contributed by atoms with E-state index in [9.17, 15) is 9.59 Å². The lowest BCUT2D eigenvalue weighted by Crippen LogP contribution is -2.93. The number of benzene rings is 2. The van der Waals surface area contributed by atoms with Crippen LogP contribution in [0.1, 0.15) is 32.4 Å². The molecule has 0 aliphatic carbocycles. The van der Waals surface area contributed by atoms with E-state index >= 15 is 0 Å². The molecule has 1 aliphatic rings. The Morgan fingerprint density at radius 3 is 2.38 bits per heavy atom. The lowest BCUT2D eigenvalue weighted by Gasteiger charge is -2.31. The molecule has 2 aromatic carbocycles. The monoisotopic (exact) mass is 352 g/mol. The molecule has 0 aromatic heterocycles. The molecule has 1 aliphatic heterocycles. The van der Waals surface area contributed by atoms with Crippen LogP contribution < -0.4 is 15.5 Å². The van der Waals surface area contributed by atoms with E-state index in [2.05, 4.69) is 36.6 Å². The topological polar surface area (TPSA) is 66.0 Å². The van der Waals surface area contributed by atoms with Gasteiger partial charge < -0.3 is 10.6 Å². The van der Waals surface area contributed by atoms with Crippen LogP contribution in [-0.2, 0) is 9.59 Å². The van der Waals surface area contributed by atoms with E-state index in [0.29, 0.717) is 11.6 Å². The Labute approximate surface area is 154 Å². The average molecular weight is 352 g/mol. The fraction of sp³-hybridized carbons (Fsp3) is 0.333. The van der Waals surface area contributed by atoms with E-state index in [1.807, 2.05) is 49.4 Å². The maximum atomic E-state index is 13.1. The maximum absolute atomic E-state index is 13.1. The average Bonchev–Trinajstić information content (AvgIpc) is 2.65. The van der Waals surface area contributed by atoms with E-state index in [0.717, 1.165) is 5.69 Å². The SMILES string of the molecule is CC(C)[C@@H]([NH2+][C@@H](C)C(=O)N1CC(=O)Nc2ccccc21)c1ccccc1. The zero-order chi connectivity index (χ0) is 18.7. The molecular weight excluding hydrogens is 326 g/mol. The molecule has 0 fully saturated rings. The molecule has 2 aromatic rings. The molecule has 0 unspecified atom stereocenters. The summed E-state index contributed by atoms with van der Waals surface area (Å²) < 4.78 is 0. The molecule has 1 heterocycles. The first-order chi connectivity index (χ1) is 12.5. The van der Waals surface area contributed by atoms with Crippen LogP contribution in [0, 0.1) is 5.92 Å². The van der Waals surface area contributed by atoms with Crippen molar-refractivity contribution < 1.29 is 14.9 Å². The van der Waals surface area contributed by atoms with Gasteiger partial charge in [-0.3, -0.25) is 14.5 Å². The second-order valence-corrected chi connectivity index (χ2v) is 7.15. The highest BCUT2D eigenvalue weighted by Gasteiger charge is 2.33. The van der Waals surface area contributed by atoms with E-state index in [1.165, 1.54) is 5.56 Å². The van der Waals surface area contributed by atoms with Crippen LogP contribution in [-0.4, -0.2) is 24.4 Å². The molecule has 2 amide bonds. The van der Waals surface area contributed by atoms with Gasteiger partial charge in [-0.25, -0.2) is 0 Å². The van der Waals surface area contributed by atoms with Crippen LogP contribution in [0.3, 0.4) is 0 Å². The normalized spacial score (nSPS) is 16.0. The van der Waals surface area contributed by atoms with Crippen molar-refractivity contribution in [2.75, 3.05) is 16.8 Å². The number of fused-ring (bicyclic) bond motifs is 1. The number of hydrogen-bond acceptors (Lipinski definition) is 2. The molecule has 136 valence electrons. The van der Waals surface area contributed by atoms with Crippen LogP contribution >= 0.6 is 0 Å². The Hall–Kier alpha value is -2.66. The van der Waals surface area contributed by atoms with Gasteiger partial charge >= 0.3 is 0 Å². The van der Waals surface area contributed by atoms with Crippen LogP contribution in [0.5, 0.6) is 0 Å². The summed E-state index contributed by atoms with van der Waals surface area (Å²) >= 11 is 0. The number of carbonyl (C=O) groups excluding carboxylic acids is 2. The van der Waals surface area contributed by atoms with Gasteiger partial charge in [0.25, 0.3) is 5.91 Å². The van der Waals surface area contributed by atoms with Crippen molar-refractivity contribution in [1.82, 2.24) is 0 Å². The number of nitrogens with one attached hydrogen (secondary N) is 1. The minimum atomic E-state index is -0.290. The lowest BCUT2D eigenvalue weighted by atomic mass is 9.95. The van der Waals surface area contributed by atoms with Gasteiger partial charge in [0.05, 0.1) is 11.4 Å². The van der Waals surface area contributed by atoms with Crippen molar-refractivity contribution in [3.63, 3.8) is 0 Å². The highest BCUT2D eigenvalue weighted by atomic mass is 16.2. The minimum Gasteiger partial charge on any atom is -0.330 e. The number of carbonyl (C=O) groups is 2. The molecule has 5 nitrogen and oxygen atoms in total. The summed E-state index contributed by atoms with van der Waals surface area (Å²) in [6.07, 6.45) is 0. The third-order valence-electron chi connectivity index (χ3n) is 4.82. The Bertz CT molecular complexity index is 789. The van der Waals surface area contributed by atoms with Crippen LogP contribution in [0.4, 0.5) is 11.4 Å². The van der Waals surface area contributed by atoms with Crippen molar-refractivity contribution in [3.8, 4) is 0 Å². The first-order valence-corrected chi connectivity index (χ1v) is 9.07. The van der Waals surface area contributed by atoms with Gasteiger partial charge in [-0.15, -0.1) is 0 Å². The molecule has 5 heteroatoms. The Balaban J connectivity index is 1.80. The summed E-state index contributed by atoms with van der Waals surface area (Å²) in [6.45, 7) is 6.30. The number of nitrogens with zero attached hydrogens (tertiary/aromatic N) is 1. The van der Waals surface area contributed by atoms with Crippen LogP contribution in [0.25, 0.3) is 0 Å². The van der Waals surface area contributed by atoms with Crippen molar-refractivity contribution in [1.29, 1.82) is 0 Å². The van der Waals surface area contributed by atoms with Crippen molar-refractivity contribution in [3.05, 3.63) is 60.2 Å². The van der Waals surface area contributed by atoms with Gasteiger partial charge in [0.15, 0.2) is 6.04 Å².